The monoisotopic (exact) mass is 424 g/mol. The third kappa shape index (κ3) is 3.89. The predicted octanol–water partition coefficient (Wildman–Crippen LogP) is 4.88. The van der Waals surface area contributed by atoms with Crippen molar-refractivity contribution in [3.05, 3.63) is 64.1 Å². The van der Waals surface area contributed by atoms with Gasteiger partial charge in [-0.3, -0.25) is 4.79 Å². The summed E-state index contributed by atoms with van der Waals surface area (Å²) in [5.74, 6) is -0.0816. The van der Waals surface area contributed by atoms with Gasteiger partial charge in [-0.25, -0.2) is 4.98 Å². The molecule has 1 aromatic heterocycles. The Bertz CT molecular complexity index is 980. The van der Waals surface area contributed by atoms with Crippen LogP contribution in [-0.4, -0.2) is 30.1 Å². The van der Waals surface area contributed by atoms with Gasteiger partial charge in [-0.15, -0.1) is 0 Å². The number of ether oxygens (including phenoxy) is 1. The Balaban J connectivity index is 1.74. The highest BCUT2D eigenvalue weighted by Crippen LogP contribution is 2.27. The SMILES string of the molecule is Cc1cccc2c(C(=O)NC[C@@H]3CCCO3)cc(-c3ccc(Br)cc3)nc12. The smallest absolute Gasteiger partial charge is 0.252 e. The van der Waals surface area contributed by atoms with Gasteiger partial charge in [0.2, 0.25) is 0 Å². The largest absolute Gasteiger partial charge is 0.376 e. The zero-order valence-corrected chi connectivity index (χ0v) is 16.8. The lowest BCUT2D eigenvalue weighted by atomic mass is 10.0. The molecule has 1 aliphatic rings. The van der Waals surface area contributed by atoms with Crippen LogP contribution in [0.2, 0.25) is 0 Å². The summed E-state index contributed by atoms with van der Waals surface area (Å²) in [6, 6.07) is 15.8. The minimum atomic E-state index is -0.0816. The fourth-order valence-corrected chi connectivity index (χ4v) is 3.72. The number of halogens is 1. The lowest BCUT2D eigenvalue weighted by molar-refractivity contribution is 0.0859. The molecule has 1 amide bonds. The summed E-state index contributed by atoms with van der Waals surface area (Å²) in [6.45, 7) is 3.35. The molecule has 1 saturated heterocycles. The number of hydrogen-bond donors (Lipinski definition) is 1. The molecule has 3 aromatic rings. The first-order valence-corrected chi connectivity index (χ1v) is 9.97. The van der Waals surface area contributed by atoms with Crippen molar-refractivity contribution >= 4 is 32.7 Å². The molecule has 4 nitrogen and oxygen atoms in total. The number of aromatic nitrogens is 1. The quantitative estimate of drug-likeness (QED) is 0.648. The highest BCUT2D eigenvalue weighted by molar-refractivity contribution is 9.10. The number of aryl methyl sites for hydroxylation is 1. The number of benzene rings is 2. The first-order chi connectivity index (χ1) is 13.1. The number of carbonyl (C=O) groups excluding carboxylic acids is 1. The number of amides is 1. The van der Waals surface area contributed by atoms with E-state index in [2.05, 4.69) is 21.2 Å². The zero-order valence-electron chi connectivity index (χ0n) is 15.2. The van der Waals surface area contributed by atoms with E-state index in [0.717, 1.165) is 51.6 Å². The summed E-state index contributed by atoms with van der Waals surface area (Å²) < 4.78 is 6.63. The molecule has 27 heavy (non-hydrogen) atoms. The fraction of sp³-hybridized carbons (Fsp3) is 0.273. The van der Waals surface area contributed by atoms with Gasteiger partial charge in [0.1, 0.15) is 0 Å². The highest BCUT2D eigenvalue weighted by Gasteiger charge is 2.19. The van der Waals surface area contributed by atoms with Crippen molar-refractivity contribution in [3.63, 3.8) is 0 Å². The van der Waals surface area contributed by atoms with Crippen LogP contribution in [0.15, 0.2) is 53.0 Å². The van der Waals surface area contributed by atoms with Crippen LogP contribution in [0.1, 0.15) is 28.8 Å². The second-order valence-electron chi connectivity index (χ2n) is 6.88. The Morgan fingerprint density at radius 2 is 2.07 bits per heavy atom. The Hall–Kier alpha value is -2.24. The molecule has 5 heteroatoms. The summed E-state index contributed by atoms with van der Waals surface area (Å²) in [5.41, 5.74) is 4.35. The van der Waals surface area contributed by atoms with Crippen LogP contribution in [0.4, 0.5) is 0 Å². The number of fused-ring (bicyclic) bond motifs is 1. The lowest BCUT2D eigenvalue weighted by Gasteiger charge is -2.14. The molecule has 138 valence electrons. The molecule has 1 fully saturated rings. The van der Waals surface area contributed by atoms with Gasteiger partial charge in [0.05, 0.1) is 22.9 Å². The van der Waals surface area contributed by atoms with Gasteiger partial charge in [0, 0.05) is 28.6 Å². The molecule has 2 aromatic carbocycles. The van der Waals surface area contributed by atoms with Crippen molar-refractivity contribution in [2.24, 2.45) is 0 Å². The third-order valence-electron chi connectivity index (χ3n) is 4.94. The molecule has 0 bridgehead atoms. The van der Waals surface area contributed by atoms with Gasteiger partial charge < -0.3 is 10.1 Å². The minimum Gasteiger partial charge on any atom is -0.376 e. The fourth-order valence-electron chi connectivity index (χ4n) is 3.46. The summed E-state index contributed by atoms with van der Waals surface area (Å²) >= 11 is 3.46. The maximum absolute atomic E-state index is 13.0. The average Bonchev–Trinajstić information content (AvgIpc) is 3.20. The van der Waals surface area contributed by atoms with Crippen molar-refractivity contribution in [3.8, 4) is 11.3 Å². The molecule has 2 heterocycles. The Morgan fingerprint density at radius 1 is 1.26 bits per heavy atom. The first kappa shape index (κ1) is 18.1. The number of nitrogens with zero attached hydrogens (tertiary/aromatic N) is 1. The molecule has 0 radical (unpaired) electrons. The van der Waals surface area contributed by atoms with Gasteiger partial charge in [-0.2, -0.15) is 0 Å². The van der Waals surface area contributed by atoms with E-state index in [1.54, 1.807) is 0 Å². The number of pyridine rings is 1. The van der Waals surface area contributed by atoms with Crippen LogP contribution < -0.4 is 5.32 Å². The van der Waals surface area contributed by atoms with Crippen molar-refractivity contribution < 1.29 is 9.53 Å². The van der Waals surface area contributed by atoms with Crippen LogP contribution >= 0.6 is 15.9 Å². The summed E-state index contributed by atoms with van der Waals surface area (Å²) in [6.07, 6.45) is 2.18. The van der Waals surface area contributed by atoms with Crippen molar-refractivity contribution in [1.29, 1.82) is 0 Å². The van der Waals surface area contributed by atoms with E-state index in [1.165, 1.54) is 0 Å². The van der Waals surface area contributed by atoms with Gasteiger partial charge in [0.15, 0.2) is 0 Å². The first-order valence-electron chi connectivity index (χ1n) is 9.18. The molecule has 4 rings (SSSR count). The Kier molecular flexibility index (Phi) is 5.23. The average molecular weight is 425 g/mol. The Morgan fingerprint density at radius 3 is 2.81 bits per heavy atom. The molecule has 0 aliphatic carbocycles. The molecule has 1 N–H and O–H groups in total. The lowest BCUT2D eigenvalue weighted by Crippen LogP contribution is -2.32. The van der Waals surface area contributed by atoms with E-state index in [4.69, 9.17) is 9.72 Å². The maximum Gasteiger partial charge on any atom is 0.252 e. The second kappa shape index (κ2) is 7.79. The summed E-state index contributed by atoms with van der Waals surface area (Å²) in [5, 5.41) is 3.92. The van der Waals surface area contributed by atoms with Crippen LogP contribution in [-0.2, 0) is 4.74 Å². The molecular formula is C22H21BrN2O2. The number of rotatable bonds is 4. The Labute approximate surface area is 167 Å². The van der Waals surface area contributed by atoms with Crippen LogP contribution in [0, 0.1) is 6.92 Å². The van der Waals surface area contributed by atoms with Crippen molar-refractivity contribution in [1.82, 2.24) is 10.3 Å². The molecule has 0 saturated carbocycles. The van der Waals surface area contributed by atoms with E-state index in [-0.39, 0.29) is 12.0 Å². The van der Waals surface area contributed by atoms with E-state index >= 15 is 0 Å². The number of nitrogens with one attached hydrogen (secondary N) is 1. The van der Waals surface area contributed by atoms with Gasteiger partial charge in [0.25, 0.3) is 5.91 Å². The van der Waals surface area contributed by atoms with Crippen LogP contribution in [0.25, 0.3) is 22.2 Å². The summed E-state index contributed by atoms with van der Waals surface area (Å²) in [7, 11) is 0. The van der Waals surface area contributed by atoms with Gasteiger partial charge in [-0.1, -0.05) is 46.3 Å². The maximum atomic E-state index is 13.0. The number of para-hydroxylation sites is 1. The van der Waals surface area contributed by atoms with Crippen LogP contribution in [0.3, 0.4) is 0 Å². The molecule has 1 aliphatic heterocycles. The summed E-state index contributed by atoms with van der Waals surface area (Å²) in [4.78, 5) is 17.8. The topological polar surface area (TPSA) is 51.2 Å². The van der Waals surface area contributed by atoms with Gasteiger partial charge in [-0.05, 0) is 43.5 Å². The number of hydrogen-bond acceptors (Lipinski definition) is 3. The van der Waals surface area contributed by atoms with Crippen molar-refractivity contribution in [2.45, 2.75) is 25.9 Å². The highest BCUT2D eigenvalue weighted by atomic mass is 79.9. The standard InChI is InChI=1S/C22H21BrN2O2/c1-14-4-2-6-18-19(22(26)24-13-17-5-3-11-27-17)12-20(25-21(14)18)15-7-9-16(23)10-8-15/h2,4,6-10,12,17H,3,5,11,13H2,1H3,(H,24,26)/t17-/m0/s1. The molecular weight excluding hydrogens is 404 g/mol. The second-order valence-corrected chi connectivity index (χ2v) is 7.79. The van der Waals surface area contributed by atoms with Crippen molar-refractivity contribution in [2.75, 3.05) is 13.2 Å². The van der Waals surface area contributed by atoms with Gasteiger partial charge >= 0.3 is 0 Å². The van der Waals surface area contributed by atoms with E-state index in [9.17, 15) is 4.79 Å². The predicted molar refractivity (Wildman–Crippen MR) is 111 cm³/mol. The molecule has 1 atom stereocenters. The molecule has 0 unspecified atom stereocenters. The van der Waals surface area contributed by atoms with Crippen LogP contribution in [0.5, 0.6) is 0 Å². The molecule has 0 spiro atoms. The normalized spacial score (nSPS) is 16.6. The number of carbonyl (C=O) groups is 1. The minimum absolute atomic E-state index is 0.0816. The zero-order chi connectivity index (χ0) is 18.8. The van der Waals surface area contributed by atoms with E-state index in [1.807, 2.05) is 55.5 Å². The van der Waals surface area contributed by atoms with E-state index < -0.39 is 0 Å². The van der Waals surface area contributed by atoms with E-state index in [0.29, 0.717) is 12.1 Å². The third-order valence-corrected chi connectivity index (χ3v) is 5.47.